The Bertz CT molecular complexity index is 523. The van der Waals surface area contributed by atoms with Crippen molar-refractivity contribution in [2.24, 2.45) is 4.36 Å². The third-order valence-corrected chi connectivity index (χ3v) is 4.66. The molecule has 1 fully saturated rings. The molecular formula is C10H10F3NO2S. The van der Waals surface area contributed by atoms with Crippen molar-refractivity contribution in [1.29, 1.82) is 0 Å². The Morgan fingerprint density at radius 2 is 1.88 bits per heavy atom. The monoisotopic (exact) mass is 265 g/mol. The number of nitrogens with zero attached hydrogens (tertiary/aromatic N) is 1. The zero-order valence-corrected chi connectivity index (χ0v) is 9.55. The molecule has 0 amide bonds. The lowest BCUT2D eigenvalue weighted by atomic mass is 10.3. The van der Waals surface area contributed by atoms with E-state index in [1.807, 2.05) is 0 Å². The van der Waals surface area contributed by atoms with Crippen LogP contribution in [0.4, 0.5) is 18.9 Å². The molecule has 0 radical (unpaired) electrons. The number of rotatable bonds is 2. The summed E-state index contributed by atoms with van der Waals surface area (Å²) < 4.78 is 55.9. The summed E-state index contributed by atoms with van der Waals surface area (Å²) in [5, 5.41) is 0. The van der Waals surface area contributed by atoms with Gasteiger partial charge in [0.2, 0.25) is 0 Å². The summed E-state index contributed by atoms with van der Waals surface area (Å²) in [6.45, 7) is 0. The first-order valence-electron chi connectivity index (χ1n) is 4.95. The van der Waals surface area contributed by atoms with Gasteiger partial charge in [-0.15, -0.1) is 13.2 Å². The van der Waals surface area contributed by atoms with Gasteiger partial charge >= 0.3 is 6.36 Å². The van der Waals surface area contributed by atoms with Crippen LogP contribution in [0.25, 0.3) is 0 Å². The fourth-order valence-corrected chi connectivity index (χ4v) is 2.88. The van der Waals surface area contributed by atoms with E-state index in [0.717, 1.165) is 12.5 Å². The molecule has 1 aromatic carbocycles. The van der Waals surface area contributed by atoms with Crippen LogP contribution in [0.1, 0.15) is 6.42 Å². The lowest BCUT2D eigenvalue weighted by Crippen LogP contribution is -2.23. The second-order valence-corrected chi connectivity index (χ2v) is 6.19. The van der Waals surface area contributed by atoms with Gasteiger partial charge in [-0.25, -0.2) is 4.21 Å². The number of benzene rings is 1. The minimum absolute atomic E-state index is 0.00507. The average molecular weight is 265 g/mol. The van der Waals surface area contributed by atoms with Crippen molar-refractivity contribution in [1.82, 2.24) is 0 Å². The van der Waals surface area contributed by atoms with Gasteiger partial charge in [-0.3, -0.25) is 0 Å². The standard InChI is InChI=1S/C10H10F3NO2S/c11-10(12,13)16-9-5-2-1-4-8(9)14-17(15)6-3-7-17/h1-2,4-5H,3,6-7H2. The summed E-state index contributed by atoms with van der Waals surface area (Å²) in [4.78, 5) is 0. The van der Waals surface area contributed by atoms with Crippen LogP contribution in [-0.2, 0) is 9.73 Å². The highest BCUT2D eigenvalue weighted by molar-refractivity contribution is 7.95. The number of halogens is 3. The molecule has 2 rings (SSSR count). The van der Waals surface area contributed by atoms with Gasteiger partial charge in [0, 0.05) is 11.5 Å². The Morgan fingerprint density at radius 1 is 1.24 bits per heavy atom. The van der Waals surface area contributed by atoms with Gasteiger partial charge in [-0.2, -0.15) is 4.36 Å². The lowest BCUT2D eigenvalue weighted by Gasteiger charge is -2.18. The van der Waals surface area contributed by atoms with E-state index >= 15 is 0 Å². The van der Waals surface area contributed by atoms with Crippen molar-refractivity contribution in [2.75, 3.05) is 11.5 Å². The molecule has 94 valence electrons. The van der Waals surface area contributed by atoms with E-state index in [9.17, 15) is 17.4 Å². The Balaban J connectivity index is 2.35. The summed E-state index contributed by atoms with van der Waals surface area (Å²) in [7, 11) is -2.34. The molecule has 3 nitrogen and oxygen atoms in total. The summed E-state index contributed by atoms with van der Waals surface area (Å²) in [6.07, 6.45) is -3.97. The van der Waals surface area contributed by atoms with Crippen molar-refractivity contribution in [2.45, 2.75) is 12.8 Å². The molecule has 0 saturated carbocycles. The molecule has 17 heavy (non-hydrogen) atoms. The average Bonchev–Trinajstić information content (AvgIpc) is 2.16. The largest absolute Gasteiger partial charge is 0.573 e. The van der Waals surface area contributed by atoms with Gasteiger partial charge in [0.05, 0.1) is 9.73 Å². The fraction of sp³-hybridized carbons (Fsp3) is 0.400. The SMILES string of the molecule is O=S1(=Nc2ccccc2OC(F)(F)F)CCC1. The molecule has 1 aromatic rings. The van der Waals surface area contributed by atoms with Crippen LogP contribution in [-0.4, -0.2) is 22.1 Å². The van der Waals surface area contributed by atoms with Crippen LogP contribution in [0.5, 0.6) is 5.75 Å². The van der Waals surface area contributed by atoms with Gasteiger partial charge in [0.1, 0.15) is 5.69 Å². The zero-order chi connectivity index (χ0) is 12.5. The Hall–Kier alpha value is -1.24. The predicted octanol–water partition coefficient (Wildman–Crippen LogP) is 3.09. The number of alkyl halides is 3. The van der Waals surface area contributed by atoms with Gasteiger partial charge in [-0.05, 0) is 18.6 Å². The third kappa shape index (κ3) is 3.12. The number of ether oxygens (including phenoxy) is 1. The quantitative estimate of drug-likeness (QED) is 0.824. The van der Waals surface area contributed by atoms with Crippen molar-refractivity contribution >= 4 is 15.4 Å². The maximum Gasteiger partial charge on any atom is 0.573 e. The van der Waals surface area contributed by atoms with E-state index in [1.54, 1.807) is 0 Å². The molecule has 0 spiro atoms. The summed E-state index contributed by atoms with van der Waals surface area (Å²) in [5.41, 5.74) is -0.00507. The van der Waals surface area contributed by atoms with Gasteiger partial charge < -0.3 is 4.74 Å². The van der Waals surface area contributed by atoms with Gasteiger partial charge in [-0.1, -0.05) is 12.1 Å². The molecule has 0 aliphatic carbocycles. The highest BCUT2D eigenvalue weighted by Crippen LogP contribution is 2.34. The third-order valence-electron chi connectivity index (χ3n) is 2.28. The first-order valence-corrected chi connectivity index (χ1v) is 6.81. The second-order valence-electron chi connectivity index (χ2n) is 3.64. The van der Waals surface area contributed by atoms with Crippen molar-refractivity contribution in [3.8, 4) is 5.75 Å². The van der Waals surface area contributed by atoms with Crippen molar-refractivity contribution < 1.29 is 22.1 Å². The molecule has 0 atom stereocenters. The first-order chi connectivity index (χ1) is 7.88. The second kappa shape index (κ2) is 4.21. The highest BCUT2D eigenvalue weighted by atomic mass is 32.2. The van der Waals surface area contributed by atoms with Crippen LogP contribution in [0.15, 0.2) is 28.6 Å². The summed E-state index contributed by atoms with van der Waals surface area (Å²) in [6, 6.07) is 5.47. The fourth-order valence-electron chi connectivity index (χ4n) is 1.41. The normalized spacial score (nSPS) is 18.3. The van der Waals surface area contributed by atoms with E-state index in [4.69, 9.17) is 0 Å². The number of para-hydroxylation sites is 1. The molecule has 7 heteroatoms. The molecule has 0 bridgehead atoms. The summed E-state index contributed by atoms with van der Waals surface area (Å²) >= 11 is 0. The number of hydrogen-bond acceptors (Lipinski definition) is 3. The van der Waals surface area contributed by atoms with E-state index in [2.05, 4.69) is 9.10 Å². The Kier molecular flexibility index (Phi) is 3.03. The van der Waals surface area contributed by atoms with Crippen LogP contribution < -0.4 is 4.74 Å². The predicted molar refractivity (Wildman–Crippen MR) is 57.7 cm³/mol. The minimum atomic E-state index is -4.77. The van der Waals surface area contributed by atoms with Crippen LogP contribution in [0.3, 0.4) is 0 Å². The molecule has 1 heterocycles. The Labute approximate surface area is 96.8 Å². The summed E-state index contributed by atoms with van der Waals surface area (Å²) in [5.74, 6) is 0.468. The van der Waals surface area contributed by atoms with E-state index in [0.29, 0.717) is 11.5 Å². The number of hydrogen-bond donors (Lipinski definition) is 0. The van der Waals surface area contributed by atoms with Crippen LogP contribution in [0, 0.1) is 0 Å². The van der Waals surface area contributed by atoms with Crippen LogP contribution in [0.2, 0.25) is 0 Å². The first kappa shape index (κ1) is 12.2. The maximum absolute atomic E-state index is 12.1. The minimum Gasteiger partial charge on any atom is -0.403 e. The Morgan fingerprint density at radius 3 is 2.41 bits per heavy atom. The molecule has 1 aliphatic heterocycles. The van der Waals surface area contributed by atoms with Crippen LogP contribution >= 0.6 is 0 Å². The van der Waals surface area contributed by atoms with E-state index in [-0.39, 0.29) is 5.69 Å². The highest BCUT2D eigenvalue weighted by Gasteiger charge is 2.32. The van der Waals surface area contributed by atoms with E-state index < -0.39 is 21.8 Å². The van der Waals surface area contributed by atoms with Crippen molar-refractivity contribution in [3.05, 3.63) is 24.3 Å². The zero-order valence-electron chi connectivity index (χ0n) is 8.74. The van der Waals surface area contributed by atoms with Gasteiger partial charge in [0.15, 0.2) is 5.75 Å². The maximum atomic E-state index is 12.1. The lowest BCUT2D eigenvalue weighted by molar-refractivity contribution is -0.274. The van der Waals surface area contributed by atoms with Crippen molar-refractivity contribution in [3.63, 3.8) is 0 Å². The smallest absolute Gasteiger partial charge is 0.403 e. The van der Waals surface area contributed by atoms with E-state index in [1.165, 1.54) is 18.2 Å². The molecular weight excluding hydrogens is 255 g/mol. The molecule has 1 aliphatic rings. The van der Waals surface area contributed by atoms with Gasteiger partial charge in [0.25, 0.3) is 0 Å². The topological polar surface area (TPSA) is 38.7 Å². The molecule has 1 saturated heterocycles. The molecule has 0 N–H and O–H groups in total. The molecule has 0 aromatic heterocycles. The molecule has 0 unspecified atom stereocenters.